The topological polar surface area (TPSA) is 56.7 Å². The van der Waals surface area contributed by atoms with Crippen molar-refractivity contribution >= 4 is 0 Å². The molecule has 1 aliphatic heterocycles. The minimum atomic E-state index is 0.220. The molecule has 2 aromatic rings. The molecule has 24 heavy (non-hydrogen) atoms. The molecule has 0 N–H and O–H groups in total. The SMILES string of the molecule is COc1cccc(CN2C[C@H](OC)C[C@H]2COc2cccnc2)n1. The van der Waals surface area contributed by atoms with E-state index >= 15 is 0 Å². The van der Waals surface area contributed by atoms with Gasteiger partial charge < -0.3 is 14.2 Å². The Kier molecular flexibility index (Phi) is 5.61. The zero-order valence-corrected chi connectivity index (χ0v) is 14.1. The zero-order valence-electron chi connectivity index (χ0n) is 14.1. The Morgan fingerprint density at radius 1 is 1.21 bits per heavy atom. The molecule has 0 spiro atoms. The summed E-state index contributed by atoms with van der Waals surface area (Å²) in [5, 5.41) is 0. The third-order valence-corrected chi connectivity index (χ3v) is 4.26. The second-order valence-corrected chi connectivity index (χ2v) is 5.85. The van der Waals surface area contributed by atoms with Gasteiger partial charge in [0.2, 0.25) is 5.88 Å². The molecule has 0 saturated carbocycles. The van der Waals surface area contributed by atoms with Crippen molar-refractivity contribution in [3.8, 4) is 11.6 Å². The zero-order chi connectivity index (χ0) is 16.8. The number of likely N-dealkylation sites (tertiary alicyclic amines) is 1. The van der Waals surface area contributed by atoms with Crippen molar-refractivity contribution < 1.29 is 14.2 Å². The van der Waals surface area contributed by atoms with Crippen molar-refractivity contribution in [2.45, 2.75) is 25.1 Å². The van der Waals surface area contributed by atoms with Gasteiger partial charge >= 0.3 is 0 Å². The van der Waals surface area contributed by atoms with E-state index in [2.05, 4.69) is 14.9 Å². The van der Waals surface area contributed by atoms with E-state index in [0.29, 0.717) is 12.5 Å². The van der Waals surface area contributed by atoms with Crippen LogP contribution in [-0.2, 0) is 11.3 Å². The van der Waals surface area contributed by atoms with E-state index in [0.717, 1.165) is 31.0 Å². The molecule has 1 fully saturated rings. The molecular formula is C18H23N3O3. The van der Waals surface area contributed by atoms with E-state index in [1.807, 2.05) is 30.3 Å². The summed E-state index contributed by atoms with van der Waals surface area (Å²) >= 11 is 0. The van der Waals surface area contributed by atoms with Crippen LogP contribution in [0.15, 0.2) is 42.7 Å². The van der Waals surface area contributed by atoms with Crippen molar-refractivity contribution in [3.63, 3.8) is 0 Å². The molecule has 1 aliphatic rings. The maximum atomic E-state index is 5.89. The van der Waals surface area contributed by atoms with Gasteiger partial charge in [-0.25, -0.2) is 4.98 Å². The van der Waals surface area contributed by atoms with Gasteiger partial charge in [0.05, 0.1) is 25.1 Å². The third kappa shape index (κ3) is 4.21. The van der Waals surface area contributed by atoms with E-state index in [1.165, 1.54) is 0 Å². The van der Waals surface area contributed by atoms with E-state index in [-0.39, 0.29) is 12.1 Å². The molecule has 0 bridgehead atoms. The standard InChI is InChI=1S/C18H23N3O3/c1-22-17-9-15(13-24-16-6-4-8-19-10-16)21(12-17)11-14-5-3-7-18(20-14)23-2/h3-8,10,15,17H,9,11-13H2,1-2H3/t15-,17+/m0/s1. The molecule has 0 unspecified atom stereocenters. The first-order valence-electron chi connectivity index (χ1n) is 8.08. The van der Waals surface area contributed by atoms with Gasteiger partial charge in [0.1, 0.15) is 12.4 Å². The fraction of sp³-hybridized carbons (Fsp3) is 0.444. The average Bonchev–Trinajstić information content (AvgIpc) is 3.03. The summed E-state index contributed by atoms with van der Waals surface area (Å²) in [6.45, 7) is 2.23. The first-order chi connectivity index (χ1) is 11.8. The van der Waals surface area contributed by atoms with Gasteiger partial charge in [-0.05, 0) is 24.6 Å². The molecule has 0 aliphatic carbocycles. The highest BCUT2D eigenvalue weighted by Crippen LogP contribution is 2.23. The number of hydrogen-bond acceptors (Lipinski definition) is 6. The number of rotatable bonds is 7. The fourth-order valence-electron chi connectivity index (χ4n) is 2.97. The highest BCUT2D eigenvalue weighted by Gasteiger charge is 2.32. The molecule has 0 radical (unpaired) electrons. The summed E-state index contributed by atoms with van der Waals surface area (Å²) in [4.78, 5) is 10.9. The summed E-state index contributed by atoms with van der Waals surface area (Å²) in [6.07, 6.45) is 4.64. The second-order valence-electron chi connectivity index (χ2n) is 5.85. The molecule has 2 aromatic heterocycles. The molecule has 0 amide bonds. The van der Waals surface area contributed by atoms with Crippen LogP contribution >= 0.6 is 0 Å². The second kappa shape index (κ2) is 8.08. The lowest BCUT2D eigenvalue weighted by Gasteiger charge is -2.23. The Labute approximate surface area is 142 Å². The summed E-state index contributed by atoms with van der Waals surface area (Å²) in [7, 11) is 3.39. The monoisotopic (exact) mass is 329 g/mol. The minimum absolute atomic E-state index is 0.220. The summed E-state index contributed by atoms with van der Waals surface area (Å²) in [6, 6.07) is 9.91. The number of hydrogen-bond donors (Lipinski definition) is 0. The van der Waals surface area contributed by atoms with Crippen molar-refractivity contribution in [3.05, 3.63) is 48.4 Å². The minimum Gasteiger partial charge on any atom is -0.490 e. The van der Waals surface area contributed by atoms with Crippen molar-refractivity contribution in [1.29, 1.82) is 0 Å². The Morgan fingerprint density at radius 2 is 2.12 bits per heavy atom. The van der Waals surface area contributed by atoms with Crippen molar-refractivity contribution in [1.82, 2.24) is 14.9 Å². The maximum absolute atomic E-state index is 5.89. The summed E-state index contributed by atoms with van der Waals surface area (Å²) < 4.78 is 16.7. The Morgan fingerprint density at radius 3 is 2.88 bits per heavy atom. The van der Waals surface area contributed by atoms with Gasteiger partial charge in [-0.1, -0.05) is 6.07 Å². The van der Waals surface area contributed by atoms with E-state index < -0.39 is 0 Å². The number of ether oxygens (including phenoxy) is 3. The van der Waals surface area contributed by atoms with Crippen LogP contribution in [0.2, 0.25) is 0 Å². The summed E-state index contributed by atoms with van der Waals surface area (Å²) in [5.74, 6) is 1.43. The van der Waals surface area contributed by atoms with Gasteiger partial charge in [-0.3, -0.25) is 9.88 Å². The lowest BCUT2D eigenvalue weighted by Crippen LogP contribution is -2.34. The predicted molar refractivity (Wildman–Crippen MR) is 90.1 cm³/mol. The van der Waals surface area contributed by atoms with Gasteiger partial charge in [0, 0.05) is 38.5 Å². The predicted octanol–water partition coefficient (Wildman–Crippen LogP) is 2.15. The molecular weight excluding hydrogens is 306 g/mol. The van der Waals surface area contributed by atoms with Gasteiger partial charge in [0.25, 0.3) is 0 Å². The molecule has 0 aromatic carbocycles. The van der Waals surface area contributed by atoms with Crippen LogP contribution in [0.3, 0.4) is 0 Å². The molecule has 1 saturated heterocycles. The van der Waals surface area contributed by atoms with Crippen LogP contribution in [-0.4, -0.2) is 54.4 Å². The number of aromatic nitrogens is 2. The molecule has 2 atom stereocenters. The smallest absolute Gasteiger partial charge is 0.213 e. The quantitative estimate of drug-likeness (QED) is 0.776. The van der Waals surface area contributed by atoms with Crippen LogP contribution in [0, 0.1) is 0 Å². The van der Waals surface area contributed by atoms with Gasteiger partial charge in [-0.15, -0.1) is 0 Å². The van der Waals surface area contributed by atoms with Gasteiger partial charge in [-0.2, -0.15) is 0 Å². The molecule has 3 rings (SSSR count). The Hall–Kier alpha value is -2.18. The Bertz CT molecular complexity index is 638. The largest absolute Gasteiger partial charge is 0.490 e. The average molecular weight is 329 g/mol. The van der Waals surface area contributed by atoms with Crippen LogP contribution in [0.5, 0.6) is 11.6 Å². The fourth-order valence-corrected chi connectivity index (χ4v) is 2.97. The number of pyridine rings is 2. The molecule has 6 nitrogen and oxygen atoms in total. The van der Waals surface area contributed by atoms with E-state index in [4.69, 9.17) is 14.2 Å². The number of nitrogens with zero attached hydrogens (tertiary/aromatic N) is 3. The van der Waals surface area contributed by atoms with Crippen LogP contribution in [0.1, 0.15) is 12.1 Å². The van der Waals surface area contributed by atoms with E-state index in [9.17, 15) is 0 Å². The number of methoxy groups -OCH3 is 2. The highest BCUT2D eigenvalue weighted by atomic mass is 16.5. The third-order valence-electron chi connectivity index (χ3n) is 4.26. The highest BCUT2D eigenvalue weighted by molar-refractivity contribution is 5.17. The Balaban J connectivity index is 1.64. The first-order valence-corrected chi connectivity index (χ1v) is 8.08. The van der Waals surface area contributed by atoms with Crippen molar-refractivity contribution in [2.75, 3.05) is 27.4 Å². The first kappa shape index (κ1) is 16.7. The van der Waals surface area contributed by atoms with Crippen LogP contribution < -0.4 is 9.47 Å². The summed E-state index contributed by atoms with van der Waals surface area (Å²) in [5.41, 5.74) is 0.984. The maximum Gasteiger partial charge on any atom is 0.213 e. The molecule has 6 heteroatoms. The normalized spacial score (nSPS) is 20.9. The lowest BCUT2D eigenvalue weighted by molar-refractivity contribution is 0.107. The molecule has 128 valence electrons. The molecule has 3 heterocycles. The van der Waals surface area contributed by atoms with Gasteiger partial charge in [0.15, 0.2) is 0 Å². The van der Waals surface area contributed by atoms with E-state index in [1.54, 1.807) is 26.6 Å². The van der Waals surface area contributed by atoms with Crippen LogP contribution in [0.25, 0.3) is 0 Å². The van der Waals surface area contributed by atoms with Crippen LogP contribution in [0.4, 0.5) is 0 Å². The lowest BCUT2D eigenvalue weighted by atomic mass is 10.2. The van der Waals surface area contributed by atoms with Crippen molar-refractivity contribution in [2.24, 2.45) is 0 Å².